The Labute approximate surface area is 172 Å². The zero-order valence-electron chi connectivity index (χ0n) is 17.8. The van der Waals surface area contributed by atoms with Gasteiger partial charge in [0.25, 0.3) is 0 Å². The first-order chi connectivity index (χ1) is 14.0. The molecule has 0 aliphatic heterocycles. The molecule has 0 fully saturated rings. The van der Waals surface area contributed by atoms with Gasteiger partial charge in [-0.1, -0.05) is 24.3 Å². The predicted octanol–water partition coefficient (Wildman–Crippen LogP) is 2.85. The molecule has 0 bridgehead atoms. The van der Waals surface area contributed by atoms with Crippen molar-refractivity contribution < 1.29 is 13.9 Å². The Kier molecular flexibility index (Phi) is 8.73. The Morgan fingerprint density at radius 3 is 2.41 bits per heavy atom. The van der Waals surface area contributed by atoms with E-state index in [1.165, 1.54) is 6.07 Å². The van der Waals surface area contributed by atoms with Crippen molar-refractivity contribution in [3.63, 3.8) is 0 Å². The number of ether oxygens (including phenoxy) is 2. The molecule has 2 N–H and O–H groups in total. The summed E-state index contributed by atoms with van der Waals surface area (Å²) >= 11 is 0. The summed E-state index contributed by atoms with van der Waals surface area (Å²) in [5.41, 5.74) is 1.79. The number of halogens is 1. The van der Waals surface area contributed by atoms with Crippen molar-refractivity contribution in [1.82, 2.24) is 15.5 Å². The van der Waals surface area contributed by atoms with Crippen LogP contribution in [-0.2, 0) is 6.42 Å². The number of aliphatic imine (C=N–C) groups is 1. The second kappa shape index (κ2) is 11.3. The Morgan fingerprint density at radius 1 is 1.07 bits per heavy atom. The molecule has 1 atom stereocenters. The van der Waals surface area contributed by atoms with Crippen LogP contribution >= 0.6 is 0 Å². The van der Waals surface area contributed by atoms with E-state index in [1.807, 2.05) is 38.4 Å². The van der Waals surface area contributed by atoms with Gasteiger partial charge in [0, 0.05) is 20.1 Å². The summed E-state index contributed by atoms with van der Waals surface area (Å²) in [7, 11) is 9.03. The van der Waals surface area contributed by atoms with Crippen LogP contribution in [0.15, 0.2) is 47.5 Å². The largest absolute Gasteiger partial charge is 0.493 e. The lowest BCUT2D eigenvalue weighted by atomic mass is 10.1. The molecule has 0 saturated carbocycles. The third kappa shape index (κ3) is 6.35. The third-order valence-corrected chi connectivity index (χ3v) is 4.75. The van der Waals surface area contributed by atoms with Gasteiger partial charge in [0.15, 0.2) is 17.5 Å². The molecule has 0 spiro atoms. The van der Waals surface area contributed by atoms with Crippen molar-refractivity contribution >= 4 is 5.96 Å². The number of rotatable bonds is 9. The van der Waals surface area contributed by atoms with Crippen LogP contribution in [0.4, 0.5) is 4.39 Å². The Hall–Kier alpha value is -2.80. The van der Waals surface area contributed by atoms with E-state index in [2.05, 4.69) is 20.5 Å². The van der Waals surface area contributed by atoms with Gasteiger partial charge < -0.3 is 25.0 Å². The molecule has 158 valence electrons. The predicted molar refractivity (Wildman–Crippen MR) is 115 cm³/mol. The van der Waals surface area contributed by atoms with E-state index in [9.17, 15) is 4.39 Å². The van der Waals surface area contributed by atoms with Gasteiger partial charge in [-0.2, -0.15) is 0 Å². The van der Waals surface area contributed by atoms with E-state index >= 15 is 0 Å². The van der Waals surface area contributed by atoms with E-state index in [1.54, 1.807) is 33.4 Å². The highest BCUT2D eigenvalue weighted by atomic mass is 19.1. The lowest BCUT2D eigenvalue weighted by molar-refractivity contribution is 0.295. The fourth-order valence-corrected chi connectivity index (χ4v) is 3.09. The quantitative estimate of drug-likeness (QED) is 0.499. The van der Waals surface area contributed by atoms with Crippen LogP contribution in [0.25, 0.3) is 0 Å². The van der Waals surface area contributed by atoms with Crippen LogP contribution in [0.5, 0.6) is 11.5 Å². The Balaban J connectivity index is 1.97. The van der Waals surface area contributed by atoms with E-state index in [0.29, 0.717) is 42.5 Å². The highest BCUT2D eigenvalue weighted by Crippen LogP contribution is 2.31. The second-order valence-corrected chi connectivity index (χ2v) is 6.82. The molecule has 29 heavy (non-hydrogen) atoms. The average Bonchev–Trinajstić information content (AvgIpc) is 2.73. The zero-order valence-corrected chi connectivity index (χ0v) is 17.8. The van der Waals surface area contributed by atoms with Crippen molar-refractivity contribution in [2.45, 2.75) is 12.5 Å². The van der Waals surface area contributed by atoms with E-state index in [-0.39, 0.29) is 11.9 Å². The summed E-state index contributed by atoms with van der Waals surface area (Å²) < 4.78 is 24.5. The first-order valence-corrected chi connectivity index (χ1v) is 9.56. The maximum atomic E-state index is 13.7. The molecule has 0 aliphatic rings. The first-order valence-electron chi connectivity index (χ1n) is 9.56. The van der Waals surface area contributed by atoms with Crippen molar-refractivity contribution in [2.75, 3.05) is 48.5 Å². The maximum absolute atomic E-state index is 13.7. The lowest BCUT2D eigenvalue weighted by Gasteiger charge is -2.26. The van der Waals surface area contributed by atoms with Crippen molar-refractivity contribution in [3.8, 4) is 11.5 Å². The molecular formula is C22H31FN4O2. The van der Waals surface area contributed by atoms with Crippen LogP contribution in [-0.4, -0.2) is 59.3 Å². The standard InChI is InChI=1S/C22H31FN4O2/c1-24-22(25-13-12-16-8-6-7-9-18(16)23)26-15-19(27(2)3)17-10-11-20(28-4)21(14-17)29-5/h6-11,14,19H,12-13,15H2,1-5H3,(H2,24,25,26). The molecule has 2 aromatic rings. The Morgan fingerprint density at radius 2 is 1.79 bits per heavy atom. The number of hydrogen-bond acceptors (Lipinski definition) is 4. The van der Waals surface area contributed by atoms with Crippen LogP contribution in [0, 0.1) is 5.82 Å². The monoisotopic (exact) mass is 402 g/mol. The molecule has 2 rings (SSSR count). The number of likely N-dealkylation sites (N-methyl/N-ethyl adjacent to an activating group) is 1. The van der Waals surface area contributed by atoms with Gasteiger partial charge in [0.05, 0.1) is 20.3 Å². The molecule has 6 nitrogen and oxygen atoms in total. The van der Waals surface area contributed by atoms with Crippen LogP contribution in [0.1, 0.15) is 17.2 Å². The molecule has 2 aromatic carbocycles. The molecule has 0 radical (unpaired) electrons. The summed E-state index contributed by atoms with van der Waals surface area (Å²) in [6, 6.07) is 12.8. The minimum absolute atomic E-state index is 0.0972. The topological polar surface area (TPSA) is 58.1 Å². The molecule has 0 amide bonds. The fourth-order valence-electron chi connectivity index (χ4n) is 3.09. The number of nitrogens with one attached hydrogen (secondary N) is 2. The SMILES string of the molecule is CN=C(NCCc1ccccc1F)NCC(c1ccc(OC)c(OC)c1)N(C)C. The summed E-state index contributed by atoms with van der Waals surface area (Å²) in [5, 5.41) is 6.59. The van der Waals surface area contributed by atoms with Crippen LogP contribution in [0.3, 0.4) is 0 Å². The Bertz CT molecular complexity index is 811. The van der Waals surface area contributed by atoms with Gasteiger partial charge >= 0.3 is 0 Å². The molecule has 0 aromatic heterocycles. The number of guanidine groups is 1. The number of methoxy groups -OCH3 is 2. The second-order valence-electron chi connectivity index (χ2n) is 6.82. The molecule has 7 heteroatoms. The summed E-state index contributed by atoms with van der Waals surface area (Å²) in [6.45, 7) is 1.23. The van der Waals surface area contributed by atoms with Crippen LogP contribution in [0.2, 0.25) is 0 Å². The maximum Gasteiger partial charge on any atom is 0.191 e. The van der Waals surface area contributed by atoms with Gasteiger partial charge in [-0.15, -0.1) is 0 Å². The average molecular weight is 403 g/mol. The van der Waals surface area contributed by atoms with Crippen molar-refractivity contribution in [3.05, 3.63) is 59.4 Å². The summed E-state index contributed by atoms with van der Waals surface area (Å²) in [5.74, 6) is 1.89. The van der Waals surface area contributed by atoms with Crippen molar-refractivity contribution in [2.24, 2.45) is 4.99 Å². The van der Waals surface area contributed by atoms with Gasteiger partial charge in [0.2, 0.25) is 0 Å². The van der Waals surface area contributed by atoms with Gasteiger partial charge in [0.1, 0.15) is 5.82 Å². The summed E-state index contributed by atoms with van der Waals surface area (Å²) in [4.78, 5) is 6.39. The zero-order chi connectivity index (χ0) is 21.2. The number of benzene rings is 2. The smallest absolute Gasteiger partial charge is 0.191 e. The van der Waals surface area contributed by atoms with Crippen molar-refractivity contribution in [1.29, 1.82) is 0 Å². The number of nitrogens with zero attached hydrogens (tertiary/aromatic N) is 2. The van der Waals surface area contributed by atoms with Crippen LogP contribution < -0.4 is 20.1 Å². The lowest BCUT2D eigenvalue weighted by Crippen LogP contribution is -2.42. The molecule has 0 aliphatic carbocycles. The van der Waals surface area contributed by atoms with E-state index < -0.39 is 0 Å². The summed E-state index contributed by atoms with van der Waals surface area (Å²) in [6.07, 6.45) is 0.583. The third-order valence-electron chi connectivity index (χ3n) is 4.75. The minimum Gasteiger partial charge on any atom is -0.493 e. The molecule has 0 saturated heterocycles. The van der Waals surface area contributed by atoms with E-state index in [4.69, 9.17) is 9.47 Å². The number of hydrogen-bond donors (Lipinski definition) is 2. The van der Waals surface area contributed by atoms with Gasteiger partial charge in [-0.3, -0.25) is 4.99 Å². The first kappa shape index (κ1) is 22.5. The molecular weight excluding hydrogens is 371 g/mol. The van der Waals surface area contributed by atoms with Gasteiger partial charge in [-0.25, -0.2) is 4.39 Å². The highest BCUT2D eigenvalue weighted by Gasteiger charge is 2.17. The molecule has 0 heterocycles. The van der Waals surface area contributed by atoms with E-state index in [0.717, 1.165) is 5.56 Å². The van der Waals surface area contributed by atoms with Gasteiger partial charge in [-0.05, 0) is 49.8 Å². The normalized spacial score (nSPS) is 12.6. The molecule has 1 unspecified atom stereocenters. The highest BCUT2D eigenvalue weighted by molar-refractivity contribution is 5.79. The minimum atomic E-state index is -0.182. The fraction of sp³-hybridized carbons (Fsp3) is 0.409.